The summed E-state index contributed by atoms with van der Waals surface area (Å²) >= 11 is 4.55. The van der Waals surface area contributed by atoms with E-state index in [1.54, 1.807) is 14.2 Å². The van der Waals surface area contributed by atoms with Gasteiger partial charge in [0.1, 0.15) is 0 Å². The Balaban J connectivity index is 4.24. The van der Waals surface area contributed by atoms with E-state index >= 15 is 0 Å². The minimum absolute atomic E-state index is 0.0937. The summed E-state index contributed by atoms with van der Waals surface area (Å²) < 4.78 is 10.4. The summed E-state index contributed by atoms with van der Waals surface area (Å²) in [5.41, 5.74) is 0. The number of hydrogen-bond acceptors (Lipinski definition) is 3. The Morgan fingerprint density at radius 1 is 1.27 bits per heavy atom. The van der Waals surface area contributed by atoms with Crippen LogP contribution >= 0.6 is 12.6 Å². The van der Waals surface area contributed by atoms with Crippen molar-refractivity contribution in [2.45, 2.75) is 25.1 Å². The molecule has 0 aliphatic rings. The topological polar surface area (TPSA) is 18.5 Å². The molecule has 0 saturated carbocycles. The largest absolute Gasteiger partial charge is 0.399 e. The second-order valence-corrected chi connectivity index (χ2v) is 7.44. The van der Waals surface area contributed by atoms with Gasteiger partial charge in [-0.2, -0.15) is 12.6 Å². The molecule has 0 aliphatic heterocycles. The highest BCUT2D eigenvalue weighted by molar-refractivity contribution is 7.83. The molecule has 1 atom stereocenters. The van der Waals surface area contributed by atoms with Crippen LogP contribution in [0.2, 0.25) is 0 Å². The zero-order valence-corrected chi connectivity index (χ0v) is 9.97. The summed E-state index contributed by atoms with van der Waals surface area (Å²) in [7, 11) is 1.79. The van der Waals surface area contributed by atoms with Crippen LogP contribution < -0.4 is 0 Å². The average Bonchev–Trinajstić information content (AvgIpc) is 1.89. The summed E-state index contributed by atoms with van der Waals surface area (Å²) in [6.07, 6.45) is 0. The lowest BCUT2D eigenvalue weighted by molar-refractivity contribution is 0.253. The summed E-state index contributed by atoms with van der Waals surface area (Å²) in [4.78, 5) is 0. The highest BCUT2D eigenvalue weighted by Gasteiger charge is 2.37. The van der Waals surface area contributed by atoms with Gasteiger partial charge in [0.05, 0.1) is 4.37 Å². The Labute approximate surface area is 76.5 Å². The SMILES string of the molecule is CO[SiH](OC)C(C)(S)C(C)C. The summed E-state index contributed by atoms with van der Waals surface area (Å²) in [6, 6.07) is 0. The lowest BCUT2D eigenvalue weighted by Gasteiger charge is -2.32. The van der Waals surface area contributed by atoms with E-state index in [4.69, 9.17) is 8.85 Å². The van der Waals surface area contributed by atoms with Gasteiger partial charge in [0, 0.05) is 14.2 Å². The molecule has 0 aromatic carbocycles. The maximum absolute atomic E-state index is 5.27. The van der Waals surface area contributed by atoms with Crippen LogP contribution in [-0.4, -0.2) is 27.9 Å². The van der Waals surface area contributed by atoms with E-state index in [1.165, 1.54) is 0 Å². The second-order valence-electron chi connectivity index (χ2n) is 3.18. The molecule has 0 fully saturated rings. The molecular weight excluding hydrogens is 176 g/mol. The molecule has 0 heterocycles. The molecule has 0 radical (unpaired) electrons. The smallest absolute Gasteiger partial charge is 0.337 e. The minimum atomic E-state index is -1.59. The van der Waals surface area contributed by atoms with Crippen LogP contribution in [-0.2, 0) is 8.85 Å². The van der Waals surface area contributed by atoms with Gasteiger partial charge in [0.25, 0.3) is 0 Å². The van der Waals surface area contributed by atoms with Crippen molar-refractivity contribution in [1.82, 2.24) is 0 Å². The van der Waals surface area contributed by atoms with Gasteiger partial charge in [-0.25, -0.2) is 0 Å². The van der Waals surface area contributed by atoms with Gasteiger partial charge in [-0.1, -0.05) is 13.8 Å². The second kappa shape index (κ2) is 4.50. The van der Waals surface area contributed by atoms with Crippen LogP contribution in [0.4, 0.5) is 0 Å². The molecule has 0 bridgehead atoms. The monoisotopic (exact) mass is 194 g/mol. The van der Waals surface area contributed by atoms with Gasteiger partial charge < -0.3 is 8.85 Å². The first-order valence-electron chi connectivity index (χ1n) is 3.74. The fraction of sp³-hybridized carbons (Fsp3) is 1.00. The number of rotatable bonds is 4. The zero-order valence-electron chi connectivity index (χ0n) is 7.92. The molecule has 0 aliphatic carbocycles. The first-order chi connectivity index (χ1) is 4.96. The van der Waals surface area contributed by atoms with E-state index in [9.17, 15) is 0 Å². The molecule has 0 aromatic heterocycles. The Kier molecular flexibility index (Phi) is 4.70. The van der Waals surface area contributed by atoms with Crippen LogP contribution in [0.15, 0.2) is 0 Å². The Bertz CT molecular complexity index is 113. The third-order valence-electron chi connectivity index (χ3n) is 2.07. The van der Waals surface area contributed by atoms with Crippen molar-refractivity contribution in [2.75, 3.05) is 14.2 Å². The molecule has 0 N–H and O–H groups in total. The van der Waals surface area contributed by atoms with E-state index in [-0.39, 0.29) is 4.37 Å². The van der Waals surface area contributed by atoms with Crippen molar-refractivity contribution in [3.05, 3.63) is 0 Å². The Morgan fingerprint density at radius 3 is 1.73 bits per heavy atom. The van der Waals surface area contributed by atoms with Crippen LogP contribution in [0.5, 0.6) is 0 Å². The molecule has 1 unspecified atom stereocenters. The van der Waals surface area contributed by atoms with Crippen LogP contribution in [0.1, 0.15) is 20.8 Å². The standard InChI is InChI=1S/C7H18O2SSi/c1-6(2)7(3,10)11(8-4)9-5/h6,10-11H,1-5H3. The molecule has 11 heavy (non-hydrogen) atoms. The minimum Gasteiger partial charge on any atom is -0.399 e. The predicted molar refractivity (Wildman–Crippen MR) is 53.4 cm³/mol. The maximum atomic E-state index is 5.27. The molecular formula is C7H18O2SSi. The molecule has 0 amide bonds. The van der Waals surface area contributed by atoms with Gasteiger partial charge in [-0.3, -0.25) is 0 Å². The van der Waals surface area contributed by atoms with E-state index < -0.39 is 9.28 Å². The lowest BCUT2D eigenvalue weighted by atomic mass is 10.1. The molecule has 0 rings (SSSR count). The van der Waals surface area contributed by atoms with Crippen molar-refractivity contribution < 1.29 is 8.85 Å². The van der Waals surface area contributed by atoms with Crippen molar-refractivity contribution in [2.24, 2.45) is 5.92 Å². The van der Waals surface area contributed by atoms with E-state index in [0.717, 1.165) is 0 Å². The number of hydrogen-bond donors (Lipinski definition) is 1. The van der Waals surface area contributed by atoms with E-state index in [1.807, 2.05) is 0 Å². The fourth-order valence-corrected chi connectivity index (χ4v) is 3.17. The molecule has 0 aromatic rings. The van der Waals surface area contributed by atoms with Crippen LogP contribution in [0, 0.1) is 5.92 Å². The molecule has 0 spiro atoms. The molecule has 0 saturated heterocycles. The van der Waals surface area contributed by atoms with Gasteiger partial charge in [-0.15, -0.1) is 0 Å². The zero-order chi connectivity index (χ0) is 9.07. The quantitative estimate of drug-likeness (QED) is 0.538. The molecule has 2 nitrogen and oxygen atoms in total. The Hall–Kier alpha value is 0.487. The van der Waals surface area contributed by atoms with Crippen molar-refractivity contribution in [3.8, 4) is 0 Å². The first kappa shape index (κ1) is 11.5. The van der Waals surface area contributed by atoms with E-state index in [0.29, 0.717) is 5.92 Å². The van der Waals surface area contributed by atoms with Crippen LogP contribution in [0.25, 0.3) is 0 Å². The van der Waals surface area contributed by atoms with Crippen molar-refractivity contribution >= 4 is 21.9 Å². The van der Waals surface area contributed by atoms with Gasteiger partial charge in [0.2, 0.25) is 0 Å². The van der Waals surface area contributed by atoms with E-state index in [2.05, 4.69) is 33.4 Å². The van der Waals surface area contributed by atoms with Gasteiger partial charge >= 0.3 is 9.28 Å². The maximum Gasteiger partial charge on any atom is 0.337 e. The predicted octanol–water partition coefficient (Wildman–Crippen LogP) is 1.38. The molecule has 68 valence electrons. The van der Waals surface area contributed by atoms with Gasteiger partial charge in [-0.05, 0) is 12.8 Å². The lowest BCUT2D eigenvalue weighted by Crippen LogP contribution is -2.46. The first-order valence-corrected chi connectivity index (χ1v) is 5.71. The summed E-state index contributed by atoms with van der Waals surface area (Å²) in [5.74, 6) is 0.474. The third-order valence-corrected chi connectivity index (χ3v) is 5.70. The summed E-state index contributed by atoms with van der Waals surface area (Å²) in [5, 5.41) is 0. The highest BCUT2D eigenvalue weighted by Crippen LogP contribution is 2.27. The highest BCUT2D eigenvalue weighted by atomic mass is 32.1. The summed E-state index contributed by atoms with van der Waals surface area (Å²) in [6.45, 7) is 6.33. The fourth-order valence-electron chi connectivity index (χ4n) is 0.846. The normalized spacial score (nSPS) is 17.5. The van der Waals surface area contributed by atoms with Crippen molar-refractivity contribution in [1.29, 1.82) is 0 Å². The van der Waals surface area contributed by atoms with Gasteiger partial charge in [0.15, 0.2) is 0 Å². The van der Waals surface area contributed by atoms with Crippen LogP contribution in [0.3, 0.4) is 0 Å². The third kappa shape index (κ3) is 2.78. The van der Waals surface area contributed by atoms with Crippen molar-refractivity contribution in [3.63, 3.8) is 0 Å². The molecule has 4 heteroatoms. The Morgan fingerprint density at radius 2 is 1.64 bits per heavy atom. The number of thiol groups is 1. The average molecular weight is 194 g/mol.